The molecule has 0 saturated heterocycles. The van der Waals surface area contributed by atoms with Crippen molar-refractivity contribution >= 4 is 11.7 Å². The number of nitrogens with one attached hydrogen (secondary N) is 1. The van der Waals surface area contributed by atoms with Gasteiger partial charge in [-0.1, -0.05) is 18.2 Å². The number of carbonyl (C=O) groups is 1. The molecule has 3 aromatic rings. The molecule has 1 N–H and O–H groups in total. The van der Waals surface area contributed by atoms with Crippen molar-refractivity contribution in [1.29, 1.82) is 0 Å². The van der Waals surface area contributed by atoms with Gasteiger partial charge >= 0.3 is 6.03 Å². The molecular weight excluding hydrogens is 344 g/mol. The number of benzene rings is 2. The van der Waals surface area contributed by atoms with Crippen LogP contribution in [0.5, 0.6) is 11.5 Å². The number of urea groups is 1. The zero-order valence-corrected chi connectivity index (χ0v) is 15.5. The van der Waals surface area contributed by atoms with Crippen molar-refractivity contribution in [3.05, 3.63) is 66.5 Å². The van der Waals surface area contributed by atoms with Crippen LogP contribution in [0.2, 0.25) is 0 Å². The van der Waals surface area contributed by atoms with Crippen molar-refractivity contribution in [3.8, 4) is 17.2 Å². The van der Waals surface area contributed by atoms with Crippen molar-refractivity contribution in [3.63, 3.8) is 0 Å². The van der Waals surface area contributed by atoms with Crippen LogP contribution in [0, 0.1) is 0 Å². The molecule has 0 saturated carbocycles. The Morgan fingerprint density at radius 1 is 1.11 bits per heavy atom. The van der Waals surface area contributed by atoms with E-state index in [4.69, 9.17) is 9.47 Å². The van der Waals surface area contributed by atoms with E-state index in [2.05, 4.69) is 10.4 Å². The van der Waals surface area contributed by atoms with Crippen molar-refractivity contribution in [2.75, 3.05) is 26.6 Å². The van der Waals surface area contributed by atoms with Crippen LogP contribution in [0.1, 0.15) is 5.56 Å². The minimum absolute atomic E-state index is 0.218. The van der Waals surface area contributed by atoms with Gasteiger partial charge in [-0.05, 0) is 35.9 Å². The zero-order chi connectivity index (χ0) is 19.2. The third-order valence-electron chi connectivity index (χ3n) is 4.11. The summed E-state index contributed by atoms with van der Waals surface area (Å²) in [6, 6.07) is 14.7. The van der Waals surface area contributed by atoms with Gasteiger partial charge in [0.1, 0.15) is 0 Å². The highest BCUT2D eigenvalue weighted by atomic mass is 16.5. The minimum atomic E-state index is -0.218. The summed E-state index contributed by atoms with van der Waals surface area (Å²) in [5.74, 6) is 1.29. The standard InChI is InChI=1S/C20H22N4O3/c1-23(14-15-9-10-18(26-2)19(13-15)27-3)20(25)22-16-7-4-5-8-17(16)24-12-6-11-21-24/h4-13H,14H2,1-3H3,(H,22,25). The van der Waals surface area contributed by atoms with Crippen molar-refractivity contribution < 1.29 is 14.3 Å². The maximum Gasteiger partial charge on any atom is 0.321 e. The molecule has 27 heavy (non-hydrogen) atoms. The van der Waals surface area contributed by atoms with Crippen LogP contribution < -0.4 is 14.8 Å². The molecule has 7 nitrogen and oxygen atoms in total. The fourth-order valence-corrected chi connectivity index (χ4v) is 2.73. The molecule has 0 aliphatic carbocycles. The van der Waals surface area contributed by atoms with Gasteiger partial charge in [-0.15, -0.1) is 0 Å². The van der Waals surface area contributed by atoms with Crippen LogP contribution in [0.3, 0.4) is 0 Å². The van der Waals surface area contributed by atoms with E-state index in [9.17, 15) is 4.79 Å². The normalized spacial score (nSPS) is 10.3. The molecule has 0 fully saturated rings. The van der Waals surface area contributed by atoms with Gasteiger partial charge in [0, 0.05) is 26.0 Å². The summed E-state index contributed by atoms with van der Waals surface area (Å²) in [6.45, 7) is 0.427. The quantitative estimate of drug-likeness (QED) is 0.724. The highest BCUT2D eigenvalue weighted by Gasteiger charge is 2.14. The molecule has 7 heteroatoms. The first-order valence-corrected chi connectivity index (χ1v) is 8.44. The molecule has 0 spiro atoms. The van der Waals surface area contributed by atoms with Gasteiger partial charge in [0.15, 0.2) is 11.5 Å². The van der Waals surface area contributed by atoms with Gasteiger partial charge in [-0.25, -0.2) is 9.48 Å². The smallest absolute Gasteiger partial charge is 0.321 e. The maximum atomic E-state index is 12.6. The molecule has 1 heterocycles. The summed E-state index contributed by atoms with van der Waals surface area (Å²) < 4.78 is 12.3. The first-order valence-electron chi connectivity index (χ1n) is 8.44. The second-order valence-electron chi connectivity index (χ2n) is 5.94. The molecule has 0 unspecified atom stereocenters. The molecule has 0 bridgehead atoms. The highest BCUT2D eigenvalue weighted by molar-refractivity contribution is 5.91. The maximum absolute atomic E-state index is 12.6. The van der Waals surface area contributed by atoms with E-state index >= 15 is 0 Å². The SMILES string of the molecule is COc1ccc(CN(C)C(=O)Nc2ccccc2-n2cccn2)cc1OC. The predicted molar refractivity (Wildman–Crippen MR) is 104 cm³/mol. The zero-order valence-electron chi connectivity index (χ0n) is 15.5. The third-order valence-corrected chi connectivity index (χ3v) is 4.11. The predicted octanol–water partition coefficient (Wildman–Crippen LogP) is 3.55. The average molecular weight is 366 g/mol. The van der Waals surface area contributed by atoms with Gasteiger partial charge in [0.05, 0.1) is 25.6 Å². The Hall–Kier alpha value is -3.48. The Kier molecular flexibility index (Phi) is 5.61. The highest BCUT2D eigenvalue weighted by Crippen LogP contribution is 2.28. The summed E-state index contributed by atoms with van der Waals surface area (Å²) in [5, 5.41) is 7.17. The Bertz CT molecular complexity index is 909. The Morgan fingerprint density at radius 3 is 2.59 bits per heavy atom. The number of nitrogens with zero attached hydrogens (tertiary/aromatic N) is 3. The van der Waals surface area contributed by atoms with Gasteiger partial charge in [0.25, 0.3) is 0 Å². The summed E-state index contributed by atoms with van der Waals surface area (Å²) in [4.78, 5) is 14.2. The number of hydrogen-bond donors (Lipinski definition) is 1. The van der Waals surface area contributed by atoms with Gasteiger partial charge < -0.3 is 19.7 Å². The largest absolute Gasteiger partial charge is 0.493 e. The molecule has 0 atom stereocenters. The molecule has 0 aliphatic heterocycles. The summed E-state index contributed by atoms with van der Waals surface area (Å²) >= 11 is 0. The molecule has 140 valence electrons. The minimum Gasteiger partial charge on any atom is -0.493 e. The molecule has 0 aliphatic rings. The van der Waals surface area contributed by atoms with Crippen LogP contribution in [0.4, 0.5) is 10.5 Å². The van der Waals surface area contributed by atoms with E-state index in [1.165, 1.54) is 0 Å². The first kappa shape index (κ1) is 18.3. The molecule has 2 aromatic carbocycles. The van der Waals surface area contributed by atoms with Crippen molar-refractivity contribution in [2.24, 2.45) is 0 Å². The number of amides is 2. The molecule has 1 aromatic heterocycles. The third kappa shape index (κ3) is 4.20. The lowest BCUT2D eigenvalue weighted by atomic mass is 10.2. The second-order valence-corrected chi connectivity index (χ2v) is 5.94. The van der Waals surface area contributed by atoms with Gasteiger partial charge in [-0.2, -0.15) is 5.10 Å². The van der Waals surface area contributed by atoms with E-state index in [1.807, 2.05) is 54.7 Å². The van der Waals surface area contributed by atoms with Crippen LogP contribution >= 0.6 is 0 Å². The lowest BCUT2D eigenvalue weighted by Gasteiger charge is -2.20. The summed E-state index contributed by atoms with van der Waals surface area (Å²) in [6.07, 6.45) is 3.53. The fourth-order valence-electron chi connectivity index (χ4n) is 2.73. The second kappa shape index (κ2) is 8.27. The van der Waals surface area contributed by atoms with E-state index < -0.39 is 0 Å². The number of para-hydroxylation sites is 2. The number of aromatic nitrogens is 2. The van der Waals surface area contributed by atoms with E-state index in [0.717, 1.165) is 11.3 Å². The summed E-state index contributed by atoms with van der Waals surface area (Å²) in [5.41, 5.74) is 2.42. The first-order chi connectivity index (χ1) is 13.1. The average Bonchev–Trinajstić information content (AvgIpc) is 3.22. The molecule has 3 rings (SSSR count). The number of carbonyl (C=O) groups excluding carboxylic acids is 1. The molecule has 2 amide bonds. The van der Waals surface area contributed by atoms with Crippen LogP contribution in [-0.4, -0.2) is 42.0 Å². The summed E-state index contributed by atoms with van der Waals surface area (Å²) in [7, 11) is 4.92. The van der Waals surface area contributed by atoms with Crippen molar-refractivity contribution in [1.82, 2.24) is 14.7 Å². The number of rotatable bonds is 6. The van der Waals surface area contributed by atoms with Gasteiger partial charge in [0.2, 0.25) is 0 Å². The van der Waals surface area contributed by atoms with Crippen molar-refractivity contribution in [2.45, 2.75) is 6.54 Å². The number of anilines is 1. The number of hydrogen-bond acceptors (Lipinski definition) is 4. The lowest BCUT2D eigenvalue weighted by molar-refractivity contribution is 0.220. The van der Waals surface area contributed by atoms with Crippen LogP contribution in [0.15, 0.2) is 60.9 Å². The topological polar surface area (TPSA) is 68.6 Å². The Morgan fingerprint density at radius 2 is 1.89 bits per heavy atom. The lowest BCUT2D eigenvalue weighted by Crippen LogP contribution is -2.31. The number of ether oxygens (including phenoxy) is 2. The van der Waals surface area contributed by atoms with Crippen LogP contribution in [0.25, 0.3) is 5.69 Å². The van der Waals surface area contributed by atoms with E-state index in [-0.39, 0.29) is 6.03 Å². The fraction of sp³-hybridized carbons (Fsp3) is 0.200. The number of methoxy groups -OCH3 is 2. The Labute approximate surface area is 158 Å². The molecule has 0 radical (unpaired) electrons. The monoisotopic (exact) mass is 366 g/mol. The van der Waals surface area contributed by atoms with Gasteiger partial charge in [-0.3, -0.25) is 0 Å². The van der Waals surface area contributed by atoms with E-state index in [0.29, 0.717) is 23.7 Å². The molecular formula is C20H22N4O3. The van der Waals surface area contributed by atoms with Crippen LogP contribution in [-0.2, 0) is 6.54 Å². The van der Waals surface area contributed by atoms with E-state index in [1.54, 1.807) is 37.0 Å². The Balaban J connectivity index is 1.72.